The van der Waals surface area contributed by atoms with Crippen molar-refractivity contribution >= 4 is 23.7 Å². The molecular formula is C14H16N6O2S. The quantitative estimate of drug-likeness (QED) is 0.798. The standard InChI is InChI=1S/C14H16N6O2S/c1-8(12(21)17-13(15)22)23-14-19-18-11(20(14)10-4-5-10)9-3-2-6-16-7-9/h2-3,6-8,10H,4-5H2,1H3,(H3,15,17,21,22)/t8-/m1/s1. The van der Waals surface area contributed by atoms with Gasteiger partial charge in [-0.2, -0.15) is 0 Å². The number of thioether (sulfide) groups is 1. The van der Waals surface area contributed by atoms with Crippen LogP contribution in [0.5, 0.6) is 0 Å². The molecule has 1 atom stereocenters. The molecule has 3 N–H and O–H groups in total. The Morgan fingerprint density at radius 1 is 1.43 bits per heavy atom. The fourth-order valence-corrected chi connectivity index (χ4v) is 3.07. The Morgan fingerprint density at radius 3 is 2.83 bits per heavy atom. The summed E-state index contributed by atoms with van der Waals surface area (Å²) >= 11 is 1.25. The number of carbonyl (C=O) groups excluding carboxylic acids is 2. The van der Waals surface area contributed by atoms with Crippen molar-refractivity contribution in [1.29, 1.82) is 0 Å². The van der Waals surface area contributed by atoms with Crippen LogP contribution in [0.1, 0.15) is 25.8 Å². The van der Waals surface area contributed by atoms with Gasteiger partial charge in [-0.05, 0) is 31.9 Å². The van der Waals surface area contributed by atoms with E-state index in [2.05, 4.69) is 20.5 Å². The van der Waals surface area contributed by atoms with Crippen molar-refractivity contribution in [2.75, 3.05) is 0 Å². The van der Waals surface area contributed by atoms with E-state index < -0.39 is 17.2 Å². The first-order valence-electron chi connectivity index (χ1n) is 7.18. The van der Waals surface area contributed by atoms with Gasteiger partial charge in [0.1, 0.15) is 0 Å². The van der Waals surface area contributed by atoms with Gasteiger partial charge < -0.3 is 5.73 Å². The molecule has 1 saturated carbocycles. The number of imide groups is 1. The number of amides is 3. The van der Waals surface area contributed by atoms with Gasteiger partial charge in [0.05, 0.1) is 5.25 Å². The molecule has 8 nitrogen and oxygen atoms in total. The van der Waals surface area contributed by atoms with Crippen LogP contribution in [0.2, 0.25) is 0 Å². The molecule has 0 saturated heterocycles. The Bertz CT molecular complexity index is 728. The van der Waals surface area contributed by atoms with Crippen LogP contribution in [-0.2, 0) is 4.79 Å². The minimum Gasteiger partial charge on any atom is -0.351 e. The Morgan fingerprint density at radius 2 is 2.22 bits per heavy atom. The van der Waals surface area contributed by atoms with Crippen LogP contribution in [0.4, 0.5) is 4.79 Å². The van der Waals surface area contributed by atoms with Gasteiger partial charge in [0.25, 0.3) is 0 Å². The molecule has 0 bridgehead atoms. The smallest absolute Gasteiger partial charge is 0.318 e. The lowest BCUT2D eigenvalue weighted by molar-refractivity contribution is -0.119. The minimum absolute atomic E-state index is 0.342. The molecule has 23 heavy (non-hydrogen) atoms. The summed E-state index contributed by atoms with van der Waals surface area (Å²) in [5, 5.41) is 10.7. The predicted octanol–water partition coefficient (Wildman–Crippen LogP) is 1.35. The summed E-state index contributed by atoms with van der Waals surface area (Å²) in [6.45, 7) is 1.69. The zero-order valence-electron chi connectivity index (χ0n) is 12.5. The molecular weight excluding hydrogens is 316 g/mol. The lowest BCUT2D eigenvalue weighted by Crippen LogP contribution is -2.39. The number of hydrogen-bond acceptors (Lipinski definition) is 6. The molecule has 1 fully saturated rings. The summed E-state index contributed by atoms with van der Waals surface area (Å²) in [6, 6.07) is 3.25. The number of rotatable bonds is 5. The Hall–Kier alpha value is -2.42. The number of pyridine rings is 1. The van der Waals surface area contributed by atoms with Crippen LogP contribution in [-0.4, -0.2) is 36.9 Å². The van der Waals surface area contributed by atoms with Crippen molar-refractivity contribution in [3.8, 4) is 11.4 Å². The Balaban J connectivity index is 1.85. The van der Waals surface area contributed by atoms with E-state index in [1.54, 1.807) is 19.3 Å². The number of urea groups is 1. The van der Waals surface area contributed by atoms with Crippen molar-refractivity contribution in [2.24, 2.45) is 5.73 Å². The highest BCUT2D eigenvalue weighted by molar-refractivity contribution is 8.00. The molecule has 2 aromatic heterocycles. The van der Waals surface area contributed by atoms with Crippen LogP contribution in [0.3, 0.4) is 0 Å². The van der Waals surface area contributed by atoms with Crippen LogP contribution < -0.4 is 11.1 Å². The summed E-state index contributed by atoms with van der Waals surface area (Å²) < 4.78 is 2.04. The first kappa shape index (κ1) is 15.5. The van der Waals surface area contributed by atoms with Gasteiger partial charge in [0.15, 0.2) is 11.0 Å². The second-order valence-electron chi connectivity index (χ2n) is 5.26. The number of aromatic nitrogens is 4. The first-order chi connectivity index (χ1) is 11.1. The SMILES string of the molecule is C[C@@H](Sc1nnc(-c2cccnc2)n1C1CC1)C(=O)NC(N)=O. The van der Waals surface area contributed by atoms with E-state index in [4.69, 9.17) is 5.73 Å². The number of hydrogen-bond donors (Lipinski definition) is 2. The third-order valence-electron chi connectivity index (χ3n) is 3.39. The van der Waals surface area contributed by atoms with Crippen molar-refractivity contribution in [3.63, 3.8) is 0 Å². The van der Waals surface area contributed by atoms with E-state index in [1.165, 1.54) is 11.8 Å². The maximum Gasteiger partial charge on any atom is 0.318 e. The lowest BCUT2D eigenvalue weighted by atomic mass is 10.3. The summed E-state index contributed by atoms with van der Waals surface area (Å²) in [7, 11) is 0. The van der Waals surface area contributed by atoms with Gasteiger partial charge in [-0.1, -0.05) is 11.8 Å². The van der Waals surface area contributed by atoms with Crippen LogP contribution in [0.15, 0.2) is 29.7 Å². The van der Waals surface area contributed by atoms with Crippen LogP contribution in [0.25, 0.3) is 11.4 Å². The molecule has 0 unspecified atom stereocenters. The predicted molar refractivity (Wildman–Crippen MR) is 84.6 cm³/mol. The zero-order chi connectivity index (χ0) is 16.4. The first-order valence-corrected chi connectivity index (χ1v) is 8.06. The van der Waals surface area contributed by atoms with Gasteiger partial charge in [-0.15, -0.1) is 10.2 Å². The monoisotopic (exact) mass is 332 g/mol. The molecule has 1 aliphatic carbocycles. The average molecular weight is 332 g/mol. The highest BCUT2D eigenvalue weighted by Crippen LogP contribution is 2.41. The lowest BCUT2D eigenvalue weighted by Gasteiger charge is -2.12. The number of nitrogens with two attached hydrogens (primary N) is 1. The molecule has 3 amide bonds. The second kappa shape index (κ2) is 6.37. The zero-order valence-corrected chi connectivity index (χ0v) is 13.3. The number of primary amides is 1. The molecule has 2 aromatic rings. The molecule has 9 heteroatoms. The maximum absolute atomic E-state index is 11.8. The molecule has 0 spiro atoms. The molecule has 120 valence electrons. The molecule has 1 aliphatic rings. The van der Waals surface area contributed by atoms with Gasteiger partial charge in [-0.3, -0.25) is 19.7 Å². The summed E-state index contributed by atoms with van der Waals surface area (Å²) in [5.74, 6) is 0.293. The van der Waals surface area contributed by atoms with E-state index in [0.717, 1.165) is 24.2 Å². The topological polar surface area (TPSA) is 116 Å². The van der Waals surface area contributed by atoms with Crippen LogP contribution >= 0.6 is 11.8 Å². The van der Waals surface area contributed by atoms with Crippen molar-refractivity contribution < 1.29 is 9.59 Å². The summed E-state index contributed by atoms with van der Waals surface area (Å²) in [4.78, 5) is 26.7. The minimum atomic E-state index is -0.859. The number of carbonyl (C=O) groups is 2. The summed E-state index contributed by atoms with van der Waals surface area (Å²) in [5.41, 5.74) is 5.85. The highest BCUT2D eigenvalue weighted by atomic mass is 32.2. The normalized spacial score (nSPS) is 15.2. The third-order valence-corrected chi connectivity index (χ3v) is 4.45. The van der Waals surface area contributed by atoms with Crippen LogP contribution in [0, 0.1) is 0 Å². The highest BCUT2D eigenvalue weighted by Gasteiger charge is 2.31. The molecule has 0 aliphatic heterocycles. The fourth-order valence-electron chi connectivity index (χ4n) is 2.15. The van der Waals surface area contributed by atoms with E-state index in [1.807, 2.05) is 16.7 Å². The largest absolute Gasteiger partial charge is 0.351 e. The Kier molecular flexibility index (Phi) is 4.28. The van der Waals surface area contributed by atoms with Gasteiger partial charge in [0.2, 0.25) is 5.91 Å². The van der Waals surface area contributed by atoms with Gasteiger partial charge in [0, 0.05) is 24.0 Å². The fraction of sp³-hybridized carbons (Fsp3) is 0.357. The van der Waals surface area contributed by atoms with Crippen molar-refractivity contribution in [2.45, 2.75) is 36.2 Å². The molecule has 0 radical (unpaired) electrons. The maximum atomic E-state index is 11.8. The van der Waals surface area contributed by atoms with E-state index in [-0.39, 0.29) is 0 Å². The molecule has 0 aromatic carbocycles. The molecule has 2 heterocycles. The van der Waals surface area contributed by atoms with Crippen molar-refractivity contribution in [3.05, 3.63) is 24.5 Å². The molecule has 3 rings (SSSR count). The van der Waals surface area contributed by atoms with E-state index in [0.29, 0.717) is 11.2 Å². The van der Waals surface area contributed by atoms with E-state index in [9.17, 15) is 9.59 Å². The number of nitrogens with one attached hydrogen (secondary N) is 1. The van der Waals surface area contributed by atoms with Gasteiger partial charge >= 0.3 is 6.03 Å². The summed E-state index contributed by atoms with van der Waals surface area (Å²) in [6.07, 6.45) is 5.55. The second-order valence-corrected chi connectivity index (χ2v) is 6.57. The average Bonchev–Trinajstić information content (AvgIpc) is 3.28. The Labute approximate surface area is 136 Å². The van der Waals surface area contributed by atoms with E-state index >= 15 is 0 Å². The van der Waals surface area contributed by atoms with Gasteiger partial charge in [-0.25, -0.2) is 4.79 Å². The third kappa shape index (κ3) is 3.50. The number of nitrogens with zero attached hydrogens (tertiary/aromatic N) is 4. The van der Waals surface area contributed by atoms with Crippen molar-refractivity contribution in [1.82, 2.24) is 25.1 Å².